The summed E-state index contributed by atoms with van der Waals surface area (Å²) in [5, 5.41) is 28.5. The Labute approximate surface area is 251 Å². The number of anilines is 1. The molecule has 0 fully saturated rings. The van der Waals surface area contributed by atoms with E-state index in [-0.39, 0.29) is 12.5 Å². The van der Waals surface area contributed by atoms with Crippen molar-refractivity contribution in [3.63, 3.8) is 0 Å². The number of hydrogen-bond donors (Lipinski definition) is 3. The molecule has 10 nitrogen and oxygen atoms in total. The van der Waals surface area contributed by atoms with Crippen molar-refractivity contribution in [3.8, 4) is 22.5 Å². The fourth-order valence-corrected chi connectivity index (χ4v) is 5.18. The van der Waals surface area contributed by atoms with Crippen LogP contribution in [0.15, 0.2) is 60.9 Å². The molecule has 3 N–H and O–H groups in total. The van der Waals surface area contributed by atoms with Gasteiger partial charge in [-0.15, -0.1) is 0 Å². The number of rotatable bonds is 10. The number of benzene rings is 2. The van der Waals surface area contributed by atoms with Crippen molar-refractivity contribution in [2.45, 2.75) is 46.3 Å². The zero-order valence-corrected chi connectivity index (χ0v) is 25.6. The Bertz CT molecular complexity index is 1780. The van der Waals surface area contributed by atoms with Gasteiger partial charge < -0.3 is 25.0 Å². The molecule has 5 aromatic rings. The highest BCUT2D eigenvalue weighted by Crippen LogP contribution is 2.33. The molecule has 0 unspecified atom stereocenters. The van der Waals surface area contributed by atoms with E-state index in [1.807, 2.05) is 68.1 Å². The molecule has 224 valence electrons. The molecule has 1 amide bonds. The van der Waals surface area contributed by atoms with Crippen molar-refractivity contribution < 1.29 is 15.0 Å². The molecule has 0 bridgehead atoms. The third-order valence-corrected chi connectivity index (χ3v) is 7.63. The highest BCUT2D eigenvalue weighted by molar-refractivity contribution is 5.97. The SMILES string of the molecule is Cc1ccc(-c2c(C)nn3c(NCc4cccc(-c5nccn5C)c4)cc(C(C)(C)O)nc23)cc1C(=O)N(C)CCCO. The van der Waals surface area contributed by atoms with E-state index < -0.39 is 5.60 Å². The molecular weight excluding hydrogens is 542 g/mol. The number of aliphatic hydroxyl groups is 2. The van der Waals surface area contributed by atoms with Crippen molar-refractivity contribution in [2.24, 2.45) is 7.05 Å². The lowest BCUT2D eigenvalue weighted by Gasteiger charge is -2.20. The van der Waals surface area contributed by atoms with E-state index in [4.69, 9.17) is 10.1 Å². The maximum absolute atomic E-state index is 13.3. The van der Waals surface area contributed by atoms with Crippen LogP contribution < -0.4 is 5.32 Å². The van der Waals surface area contributed by atoms with Crippen molar-refractivity contribution in [1.82, 2.24) is 29.0 Å². The number of carbonyl (C=O) groups excluding carboxylic acids is 1. The topological polar surface area (TPSA) is 121 Å². The number of aryl methyl sites for hydroxylation is 3. The summed E-state index contributed by atoms with van der Waals surface area (Å²) in [4.78, 5) is 24.2. The van der Waals surface area contributed by atoms with Gasteiger partial charge in [-0.1, -0.05) is 30.3 Å². The first-order valence-electron chi connectivity index (χ1n) is 14.4. The lowest BCUT2D eigenvalue weighted by Crippen LogP contribution is -2.28. The Kier molecular flexibility index (Phi) is 8.34. The molecular formula is C33H39N7O3. The molecule has 43 heavy (non-hydrogen) atoms. The Morgan fingerprint density at radius 1 is 1.09 bits per heavy atom. The first kappa shape index (κ1) is 29.9. The van der Waals surface area contributed by atoms with E-state index in [2.05, 4.69) is 22.4 Å². The summed E-state index contributed by atoms with van der Waals surface area (Å²) in [7, 11) is 3.71. The van der Waals surface area contributed by atoms with Gasteiger partial charge in [0.1, 0.15) is 17.2 Å². The second-order valence-corrected chi connectivity index (χ2v) is 11.5. The van der Waals surface area contributed by atoms with Gasteiger partial charge >= 0.3 is 0 Å². The van der Waals surface area contributed by atoms with Crippen molar-refractivity contribution in [1.29, 1.82) is 0 Å². The van der Waals surface area contributed by atoms with Gasteiger partial charge in [0.15, 0.2) is 5.65 Å². The molecule has 0 atom stereocenters. The molecule has 0 saturated carbocycles. The summed E-state index contributed by atoms with van der Waals surface area (Å²) in [5.41, 5.74) is 5.75. The molecule has 3 aromatic heterocycles. The Balaban J connectivity index is 1.55. The molecule has 0 saturated heterocycles. The smallest absolute Gasteiger partial charge is 0.253 e. The molecule has 0 aliphatic carbocycles. The van der Waals surface area contributed by atoms with Gasteiger partial charge in [0.05, 0.1) is 11.4 Å². The van der Waals surface area contributed by atoms with Crippen LogP contribution in [0.1, 0.15) is 53.1 Å². The fraction of sp³-hybridized carbons (Fsp3) is 0.333. The molecule has 0 radical (unpaired) electrons. The number of fused-ring (bicyclic) bond motifs is 1. The summed E-state index contributed by atoms with van der Waals surface area (Å²) >= 11 is 0. The molecule has 0 spiro atoms. The molecule has 2 aromatic carbocycles. The summed E-state index contributed by atoms with van der Waals surface area (Å²) in [6, 6.07) is 15.8. The summed E-state index contributed by atoms with van der Waals surface area (Å²) in [5.74, 6) is 1.47. The molecule has 0 aliphatic heterocycles. The maximum atomic E-state index is 13.3. The fourth-order valence-electron chi connectivity index (χ4n) is 5.18. The molecule has 3 heterocycles. The third-order valence-electron chi connectivity index (χ3n) is 7.63. The van der Waals surface area contributed by atoms with Gasteiger partial charge in [-0.2, -0.15) is 9.61 Å². The number of nitrogens with one attached hydrogen (secondary N) is 1. The average Bonchev–Trinajstić information content (AvgIpc) is 3.56. The number of imidazole rings is 1. The van der Waals surface area contributed by atoms with Crippen LogP contribution in [0.3, 0.4) is 0 Å². The van der Waals surface area contributed by atoms with Crippen LogP contribution in [0.25, 0.3) is 28.2 Å². The Morgan fingerprint density at radius 3 is 2.58 bits per heavy atom. The maximum Gasteiger partial charge on any atom is 0.253 e. The summed E-state index contributed by atoms with van der Waals surface area (Å²) < 4.78 is 3.75. The zero-order chi connectivity index (χ0) is 30.9. The van der Waals surface area contributed by atoms with E-state index in [0.717, 1.165) is 39.3 Å². The minimum absolute atomic E-state index is 0.0271. The van der Waals surface area contributed by atoms with E-state index in [1.165, 1.54) is 0 Å². The zero-order valence-electron chi connectivity index (χ0n) is 25.6. The van der Waals surface area contributed by atoms with Gasteiger partial charge in [-0.3, -0.25) is 4.79 Å². The predicted octanol–water partition coefficient (Wildman–Crippen LogP) is 4.71. The van der Waals surface area contributed by atoms with Crippen LogP contribution in [0.2, 0.25) is 0 Å². The van der Waals surface area contributed by atoms with Crippen LogP contribution in [0, 0.1) is 13.8 Å². The number of nitrogens with zero attached hydrogens (tertiary/aromatic N) is 6. The van der Waals surface area contributed by atoms with Crippen molar-refractivity contribution in [3.05, 3.63) is 89.0 Å². The molecule has 0 aliphatic rings. The van der Waals surface area contributed by atoms with Gasteiger partial charge in [0, 0.05) is 68.9 Å². The number of aliphatic hydroxyl groups excluding tert-OH is 1. The van der Waals surface area contributed by atoms with Gasteiger partial charge in [-0.05, 0) is 62.9 Å². The minimum atomic E-state index is -1.20. The highest BCUT2D eigenvalue weighted by Gasteiger charge is 2.24. The van der Waals surface area contributed by atoms with Gasteiger partial charge in [-0.25, -0.2) is 9.97 Å². The lowest BCUT2D eigenvalue weighted by molar-refractivity contribution is 0.0740. The van der Waals surface area contributed by atoms with E-state index in [0.29, 0.717) is 42.2 Å². The Morgan fingerprint density at radius 2 is 1.88 bits per heavy atom. The van der Waals surface area contributed by atoms with Crippen molar-refractivity contribution in [2.75, 3.05) is 25.5 Å². The number of carbonyl (C=O) groups is 1. The molecule has 10 heteroatoms. The predicted molar refractivity (Wildman–Crippen MR) is 168 cm³/mol. The second-order valence-electron chi connectivity index (χ2n) is 11.5. The minimum Gasteiger partial charge on any atom is -0.396 e. The number of aromatic nitrogens is 5. The quantitative estimate of drug-likeness (QED) is 0.219. The monoisotopic (exact) mass is 581 g/mol. The van der Waals surface area contributed by atoms with Crippen LogP contribution in [-0.4, -0.2) is 65.4 Å². The highest BCUT2D eigenvalue weighted by atomic mass is 16.3. The van der Waals surface area contributed by atoms with Crippen LogP contribution in [0.5, 0.6) is 0 Å². The average molecular weight is 582 g/mol. The second kappa shape index (κ2) is 12.0. The lowest BCUT2D eigenvalue weighted by atomic mass is 9.98. The third kappa shape index (κ3) is 6.16. The number of amides is 1. The molecule has 5 rings (SSSR count). The van der Waals surface area contributed by atoms with Crippen LogP contribution in [-0.2, 0) is 19.2 Å². The van der Waals surface area contributed by atoms with E-state index >= 15 is 0 Å². The van der Waals surface area contributed by atoms with Gasteiger partial charge in [0.25, 0.3) is 5.91 Å². The van der Waals surface area contributed by atoms with E-state index in [9.17, 15) is 15.0 Å². The van der Waals surface area contributed by atoms with E-state index in [1.54, 1.807) is 36.5 Å². The normalized spacial score (nSPS) is 11.7. The van der Waals surface area contributed by atoms with Gasteiger partial charge in [0.2, 0.25) is 0 Å². The number of hydrogen-bond acceptors (Lipinski definition) is 7. The first-order chi connectivity index (χ1) is 20.5. The first-order valence-corrected chi connectivity index (χ1v) is 14.4. The van der Waals surface area contributed by atoms with Crippen LogP contribution >= 0.6 is 0 Å². The summed E-state index contributed by atoms with van der Waals surface area (Å²) in [6.45, 7) is 8.25. The summed E-state index contributed by atoms with van der Waals surface area (Å²) in [6.07, 6.45) is 4.22. The van der Waals surface area contributed by atoms with Crippen molar-refractivity contribution >= 4 is 17.4 Å². The Hall–Kier alpha value is -4.54. The largest absolute Gasteiger partial charge is 0.396 e. The van der Waals surface area contributed by atoms with Crippen LogP contribution in [0.4, 0.5) is 5.82 Å². The standard InChI is InChI=1S/C33H39N7O3/c1-21-11-12-24(18-26(21)32(42)39(6)14-8-16-41)29-22(2)37-40-28(19-27(33(3,4)43)36-31(29)40)35-20-23-9-7-10-25(17-23)30-34-13-15-38(30)5/h7,9-13,15,17-19,35,41,43H,8,14,16,20H2,1-6H3.